The van der Waals surface area contributed by atoms with Crippen LogP contribution in [0.5, 0.6) is 0 Å². The maximum Gasteiger partial charge on any atom is 0.418 e. The molecule has 0 saturated heterocycles. The normalized spacial score (nSPS) is 13.3. The van der Waals surface area contributed by atoms with E-state index in [-0.39, 0.29) is 28.8 Å². The largest absolute Gasteiger partial charge is 0.418 e. The van der Waals surface area contributed by atoms with Crippen molar-refractivity contribution in [2.24, 2.45) is 5.92 Å². The first kappa shape index (κ1) is 25.7. The molecule has 0 aliphatic rings. The molecular weight excluding hydrogens is 452 g/mol. The first-order chi connectivity index (χ1) is 15.8. The van der Waals surface area contributed by atoms with E-state index in [1.54, 1.807) is 13.0 Å². The summed E-state index contributed by atoms with van der Waals surface area (Å²) < 4.78 is 82.3. The topological polar surface area (TPSA) is 3.24 Å². The second-order valence-corrected chi connectivity index (χ2v) is 8.96. The monoisotopic (exact) mass is 479 g/mol. The third-order valence-electron chi connectivity index (χ3n) is 5.84. The van der Waals surface area contributed by atoms with E-state index in [0.29, 0.717) is 12.0 Å². The van der Waals surface area contributed by atoms with Crippen molar-refractivity contribution in [1.82, 2.24) is 0 Å². The van der Waals surface area contributed by atoms with Crippen molar-refractivity contribution in [1.29, 1.82) is 0 Å². The molecule has 3 aromatic rings. The molecule has 0 bridgehead atoms. The van der Waals surface area contributed by atoms with Crippen molar-refractivity contribution >= 4 is 11.4 Å². The average Bonchev–Trinajstić information content (AvgIpc) is 2.76. The summed E-state index contributed by atoms with van der Waals surface area (Å²) >= 11 is 0. The molecule has 0 spiro atoms. The third kappa shape index (κ3) is 5.75. The van der Waals surface area contributed by atoms with Gasteiger partial charge in [-0.1, -0.05) is 57.2 Å². The van der Waals surface area contributed by atoms with Crippen LogP contribution in [0.1, 0.15) is 49.8 Å². The van der Waals surface area contributed by atoms with Crippen LogP contribution in [0.25, 0.3) is 11.1 Å². The van der Waals surface area contributed by atoms with Crippen LogP contribution < -0.4 is 4.90 Å². The van der Waals surface area contributed by atoms with Crippen LogP contribution >= 0.6 is 0 Å². The number of halogens is 6. The number of hydrogen-bond donors (Lipinski definition) is 0. The Morgan fingerprint density at radius 1 is 0.735 bits per heavy atom. The Bertz CT molecular complexity index is 1100. The van der Waals surface area contributed by atoms with Crippen molar-refractivity contribution < 1.29 is 26.3 Å². The molecule has 0 fully saturated rings. The Balaban J connectivity index is 2.24. The van der Waals surface area contributed by atoms with Gasteiger partial charge in [0.25, 0.3) is 0 Å². The summed E-state index contributed by atoms with van der Waals surface area (Å²) in [4.78, 5) is 1.31. The summed E-state index contributed by atoms with van der Waals surface area (Å²) in [6.45, 7) is 5.70. The molecule has 7 heteroatoms. The van der Waals surface area contributed by atoms with Crippen LogP contribution in [0.3, 0.4) is 0 Å². The molecular formula is C27H27F6N. The van der Waals surface area contributed by atoms with Crippen molar-refractivity contribution in [2.45, 2.75) is 45.5 Å². The van der Waals surface area contributed by atoms with Gasteiger partial charge >= 0.3 is 12.4 Å². The van der Waals surface area contributed by atoms with E-state index in [2.05, 4.69) is 0 Å². The van der Waals surface area contributed by atoms with Crippen LogP contribution in [0.4, 0.5) is 37.7 Å². The van der Waals surface area contributed by atoms with Gasteiger partial charge in [0.2, 0.25) is 0 Å². The first-order valence-corrected chi connectivity index (χ1v) is 11.0. The summed E-state index contributed by atoms with van der Waals surface area (Å²) in [5.41, 5.74) is 0.0682. The Kier molecular flexibility index (Phi) is 7.34. The van der Waals surface area contributed by atoms with Gasteiger partial charge in [-0.05, 0) is 65.3 Å². The molecule has 0 aliphatic heterocycles. The van der Waals surface area contributed by atoms with E-state index >= 15 is 0 Å². The van der Waals surface area contributed by atoms with Gasteiger partial charge in [0.05, 0.1) is 16.8 Å². The van der Waals surface area contributed by atoms with Gasteiger partial charge < -0.3 is 4.90 Å². The molecule has 3 aromatic carbocycles. The van der Waals surface area contributed by atoms with E-state index in [4.69, 9.17) is 0 Å². The second-order valence-electron chi connectivity index (χ2n) is 8.96. The highest BCUT2D eigenvalue weighted by Crippen LogP contribution is 2.46. The Labute approximate surface area is 196 Å². The zero-order chi connectivity index (χ0) is 25.3. The highest BCUT2D eigenvalue weighted by molar-refractivity contribution is 5.77. The Hall–Kier alpha value is -2.96. The van der Waals surface area contributed by atoms with Crippen molar-refractivity contribution in [3.8, 4) is 11.1 Å². The average molecular weight is 480 g/mol. The molecule has 0 amide bonds. The SMILES string of the molecule is CC(C)CC(C)c1cc(-c2ccccc2)cc(N(C)c2ccc(C(F)(F)F)cc2)c1C(F)(F)F. The molecule has 3 rings (SSSR count). The standard InChI is InChI=1S/C27H27F6N/c1-17(2)14-18(3)23-15-20(19-8-6-5-7-9-19)16-24(25(23)27(31,32)33)34(4)22-12-10-21(11-13-22)26(28,29)30/h5-13,15-18H,14H2,1-4H3. The fourth-order valence-electron chi connectivity index (χ4n) is 4.26. The van der Waals surface area contributed by atoms with Crippen molar-refractivity contribution in [3.63, 3.8) is 0 Å². The fraction of sp³-hybridized carbons (Fsp3) is 0.333. The van der Waals surface area contributed by atoms with Gasteiger partial charge in [-0.25, -0.2) is 0 Å². The van der Waals surface area contributed by atoms with E-state index < -0.39 is 23.5 Å². The van der Waals surface area contributed by atoms with Gasteiger partial charge in [-0.15, -0.1) is 0 Å². The number of nitrogens with zero attached hydrogens (tertiary/aromatic N) is 1. The first-order valence-electron chi connectivity index (χ1n) is 11.0. The Morgan fingerprint density at radius 2 is 1.32 bits per heavy atom. The molecule has 0 heterocycles. The van der Waals surface area contributed by atoms with Gasteiger partial charge in [-0.3, -0.25) is 0 Å². The number of benzene rings is 3. The highest BCUT2D eigenvalue weighted by atomic mass is 19.4. The number of anilines is 2. The lowest BCUT2D eigenvalue weighted by Crippen LogP contribution is -2.20. The lowest BCUT2D eigenvalue weighted by molar-refractivity contribution is -0.138. The smallest absolute Gasteiger partial charge is 0.344 e. The van der Waals surface area contributed by atoms with E-state index in [1.165, 1.54) is 30.1 Å². The predicted molar refractivity (Wildman–Crippen MR) is 124 cm³/mol. The zero-order valence-corrected chi connectivity index (χ0v) is 19.4. The van der Waals surface area contributed by atoms with E-state index in [0.717, 1.165) is 17.7 Å². The van der Waals surface area contributed by atoms with Gasteiger partial charge in [0.1, 0.15) is 0 Å². The van der Waals surface area contributed by atoms with E-state index in [9.17, 15) is 26.3 Å². The predicted octanol–water partition coefficient (Wildman–Crippen LogP) is 9.31. The summed E-state index contributed by atoms with van der Waals surface area (Å²) in [6, 6.07) is 16.3. The molecule has 0 saturated carbocycles. The van der Waals surface area contributed by atoms with Crippen LogP contribution in [0.15, 0.2) is 66.7 Å². The minimum atomic E-state index is -4.65. The molecule has 1 unspecified atom stereocenters. The Morgan fingerprint density at radius 3 is 1.82 bits per heavy atom. The number of rotatable bonds is 6. The minimum Gasteiger partial charge on any atom is -0.344 e. The van der Waals surface area contributed by atoms with Crippen molar-refractivity contribution in [2.75, 3.05) is 11.9 Å². The maximum atomic E-state index is 14.5. The lowest BCUT2D eigenvalue weighted by Gasteiger charge is -2.29. The molecule has 1 atom stereocenters. The van der Waals surface area contributed by atoms with Crippen LogP contribution in [0.2, 0.25) is 0 Å². The highest BCUT2D eigenvalue weighted by Gasteiger charge is 2.39. The van der Waals surface area contributed by atoms with Gasteiger partial charge in [0, 0.05) is 12.7 Å². The molecule has 0 aromatic heterocycles. The van der Waals surface area contributed by atoms with Crippen LogP contribution in [-0.2, 0) is 12.4 Å². The maximum absolute atomic E-state index is 14.5. The van der Waals surface area contributed by atoms with Crippen LogP contribution in [-0.4, -0.2) is 7.05 Å². The molecule has 34 heavy (non-hydrogen) atoms. The summed E-state index contributed by atoms with van der Waals surface area (Å²) in [6.07, 6.45) is -8.61. The second kappa shape index (κ2) is 9.72. The summed E-state index contributed by atoms with van der Waals surface area (Å²) in [5.74, 6) is -0.187. The van der Waals surface area contributed by atoms with Gasteiger partial charge in [0.15, 0.2) is 0 Å². The minimum absolute atomic E-state index is 0.0979. The number of hydrogen-bond acceptors (Lipinski definition) is 1. The van der Waals surface area contributed by atoms with Crippen LogP contribution in [0, 0.1) is 5.92 Å². The molecule has 0 radical (unpaired) electrons. The third-order valence-corrected chi connectivity index (χ3v) is 5.84. The number of alkyl halides is 6. The molecule has 0 N–H and O–H groups in total. The lowest BCUT2D eigenvalue weighted by atomic mass is 9.85. The molecule has 0 aliphatic carbocycles. The summed E-state index contributed by atoms with van der Waals surface area (Å²) in [7, 11) is 1.44. The van der Waals surface area contributed by atoms with E-state index in [1.807, 2.05) is 44.2 Å². The molecule has 1 nitrogen and oxygen atoms in total. The fourth-order valence-corrected chi connectivity index (χ4v) is 4.26. The zero-order valence-electron chi connectivity index (χ0n) is 19.4. The quantitative estimate of drug-likeness (QED) is 0.318. The summed E-state index contributed by atoms with van der Waals surface area (Å²) in [5, 5.41) is 0. The van der Waals surface area contributed by atoms with Gasteiger partial charge in [-0.2, -0.15) is 26.3 Å². The molecule has 182 valence electrons. The van der Waals surface area contributed by atoms with Crippen molar-refractivity contribution in [3.05, 3.63) is 83.4 Å².